The van der Waals surface area contributed by atoms with Gasteiger partial charge in [0.1, 0.15) is 0 Å². The minimum Gasteiger partial charge on any atom is -0.454 e. The predicted molar refractivity (Wildman–Crippen MR) is 102 cm³/mol. The highest BCUT2D eigenvalue weighted by molar-refractivity contribution is 6.34. The molecular formula is C20H17ClN2O5. The Bertz CT molecular complexity index is 1000. The van der Waals surface area contributed by atoms with Crippen LogP contribution >= 0.6 is 11.6 Å². The number of halogens is 1. The lowest BCUT2D eigenvalue weighted by atomic mass is 10.1. The van der Waals surface area contributed by atoms with Gasteiger partial charge in [-0.15, -0.1) is 0 Å². The number of hydrogen-bond acceptors (Lipinski definition) is 5. The quantitative estimate of drug-likeness (QED) is 0.777. The van der Waals surface area contributed by atoms with E-state index in [-0.39, 0.29) is 37.5 Å². The largest absolute Gasteiger partial charge is 0.454 e. The molecule has 0 aromatic heterocycles. The molecule has 0 radical (unpaired) electrons. The molecule has 0 bridgehead atoms. The Morgan fingerprint density at radius 3 is 2.61 bits per heavy atom. The van der Waals surface area contributed by atoms with Crippen molar-refractivity contribution in [3.05, 3.63) is 52.0 Å². The average Bonchev–Trinajstić information content (AvgIpc) is 3.19. The molecule has 0 atom stereocenters. The van der Waals surface area contributed by atoms with Gasteiger partial charge in [-0.3, -0.25) is 19.3 Å². The second kappa shape index (κ2) is 7.16. The summed E-state index contributed by atoms with van der Waals surface area (Å²) < 4.78 is 10.5. The first-order chi connectivity index (χ1) is 13.4. The monoisotopic (exact) mass is 400 g/mol. The first-order valence-electron chi connectivity index (χ1n) is 8.80. The molecule has 1 N–H and O–H groups in total. The Morgan fingerprint density at radius 2 is 1.82 bits per heavy atom. The van der Waals surface area contributed by atoms with Crippen molar-refractivity contribution < 1.29 is 23.9 Å². The SMILES string of the molecule is Cc1ccc2c(c1)C(=O)N(CCCC(=O)Nc1cc3c(cc1Cl)OCO3)C2=O. The van der Waals surface area contributed by atoms with Gasteiger partial charge in [0.05, 0.1) is 21.8 Å². The number of nitrogens with one attached hydrogen (secondary N) is 1. The van der Waals surface area contributed by atoms with Crippen molar-refractivity contribution in [2.75, 3.05) is 18.7 Å². The smallest absolute Gasteiger partial charge is 0.261 e. The van der Waals surface area contributed by atoms with Crippen LogP contribution in [-0.2, 0) is 4.79 Å². The van der Waals surface area contributed by atoms with Gasteiger partial charge in [-0.05, 0) is 25.5 Å². The highest BCUT2D eigenvalue weighted by Crippen LogP contribution is 2.39. The molecule has 0 unspecified atom stereocenters. The normalized spacial score (nSPS) is 14.4. The van der Waals surface area contributed by atoms with Gasteiger partial charge < -0.3 is 14.8 Å². The topological polar surface area (TPSA) is 84.9 Å². The number of benzene rings is 2. The molecule has 0 fully saturated rings. The summed E-state index contributed by atoms with van der Waals surface area (Å²) in [6.45, 7) is 2.16. The molecule has 28 heavy (non-hydrogen) atoms. The summed E-state index contributed by atoms with van der Waals surface area (Å²) in [5.41, 5.74) is 2.17. The number of carbonyl (C=O) groups excluding carboxylic acids is 3. The highest BCUT2D eigenvalue weighted by atomic mass is 35.5. The number of rotatable bonds is 5. The molecular weight excluding hydrogens is 384 g/mol. The van der Waals surface area contributed by atoms with E-state index in [0.717, 1.165) is 5.56 Å². The van der Waals surface area contributed by atoms with E-state index in [2.05, 4.69) is 5.32 Å². The zero-order valence-electron chi connectivity index (χ0n) is 15.1. The van der Waals surface area contributed by atoms with E-state index in [4.69, 9.17) is 21.1 Å². The second-order valence-corrected chi connectivity index (χ2v) is 7.06. The number of nitrogens with zero attached hydrogens (tertiary/aromatic N) is 1. The van der Waals surface area contributed by atoms with Crippen LogP contribution in [0.3, 0.4) is 0 Å². The van der Waals surface area contributed by atoms with Gasteiger partial charge in [0.25, 0.3) is 11.8 Å². The number of imide groups is 1. The Labute approximate surface area is 166 Å². The maximum absolute atomic E-state index is 12.4. The summed E-state index contributed by atoms with van der Waals surface area (Å²) in [5.74, 6) is 0.139. The minimum absolute atomic E-state index is 0.114. The van der Waals surface area contributed by atoms with Crippen LogP contribution in [0, 0.1) is 6.92 Å². The number of ether oxygens (including phenoxy) is 2. The van der Waals surface area contributed by atoms with Gasteiger partial charge in [-0.2, -0.15) is 0 Å². The molecule has 8 heteroatoms. The van der Waals surface area contributed by atoms with Crippen LogP contribution in [0.15, 0.2) is 30.3 Å². The minimum atomic E-state index is -0.320. The third-order valence-corrected chi connectivity index (χ3v) is 4.96. The molecule has 0 aliphatic carbocycles. The van der Waals surface area contributed by atoms with Crippen LogP contribution in [0.4, 0.5) is 5.69 Å². The van der Waals surface area contributed by atoms with Gasteiger partial charge in [-0.25, -0.2) is 0 Å². The molecule has 2 aliphatic rings. The third-order valence-electron chi connectivity index (χ3n) is 4.65. The molecule has 2 heterocycles. The fourth-order valence-electron chi connectivity index (χ4n) is 3.23. The lowest BCUT2D eigenvalue weighted by molar-refractivity contribution is -0.116. The van der Waals surface area contributed by atoms with Crippen molar-refractivity contribution in [3.8, 4) is 11.5 Å². The molecule has 144 valence electrons. The lowest BCUT2D eigenvalue weighted by Gasteiger charge is -2.13. The average molecular weight is 401 g/mol. The van der Waals surface area contributed by atoms with E-state index < -0.39 is 0 Å². The van der Waals surface area contributed by atoms with E-state index in [0.29, 0.717) is 39.8 Å². The van der Waals surface area contributed by atoms with Crippen LogP contribution in [0.1, 0.15) is 39.1 Å². The number of aryl methyl sites for hydroxylation is 1. The number of anilines is 1. The number of amides is 3. The Balaban J connectivity index is 1.34. The summed E-state index contributed by atoms with van der Waals surface area (Å²) in [6.07, 6.45) is 0.482. The maximum atomic E-state index is 12.4. The van der Waals surface area contributed by atoms with Crippen LogP contribution in [0.2, 0.25) is 5.02 Å². The first-order valence-corrected chi connectivity index (χ1v) is 9.17. The predicted octanol–water partition coefficient (Wildman–Crippen LogP) is 3.39. The third kappa shape index (κ3) is 3.29. The molecule has 0 saturated carbocycles. The van der Waals surface area contributed by atoms with Crippen molar-refractivity contribution in [2.45, 2.75) is 19.8 Å². The Kier molecular flexibility index (Phi) is 4.68. The molecule has 2 aliphatic heterocycles. The fraction of sp³-hybridized carbons (Fsp3) is 0.250. The number of fused-ring (bicyclic) bond motifs is 2. The fourth-order valence-corrected chi connectivity index (χ4v) is 3.43. The maximum Gasteiger partial charge on any atom is 0.261 e. The van der Waals surface area contributed by atoms with Crippen LogP contribution < -0.4 is 14.8 Å². The van der Waals surface area contributed by atoms with Gasteiger partial charge in [0.2, 0.25) is 12.7 Å². The molecule has 2 aromatic rings. The highest BCUT2D eigenvalue weighted by Gasteiger charge is 2.35. The summed E-state index contributed by atoms with van der Waals surface area (Å²) in [4.78, 5) is 38.3. The summed E-state index contributed by atoms with van der Waals surface area (Å²) in [6, 6.07) is 8.37. The molecule has 2 aromatic carbocycles. The van der Waals surface area contributed by atoms with Gasteiger partial charge in [-0.1, -0.05) is 23.2 Å². The van der Waals surface area contributed by atoms with Crippen LogP contribution in [-0.4, -0.2) is 36.0 Å². The zero-order valence-corrected chi connectivity index (χ0v) is 15.8. The van der Waals surface area contributed by atoms with E-state index in [1.165, 1.54) is 4.90 Å². The zero-order chi connectivity index (χ0) is 19.8. The van der Waals surface area contributed by atoms with Gasteiger partial charge >= 0.3 is 0 Å². The number of carbonyl (C=O) groups is 3. The van der Waals surface area contributed by atoms with Crippen molar-refractivity contribution in [1.29, 1.82) is 0 Å². The van der Waals surface area contributed by atoms with E-state index in [1.807, 2.05) is 6.92 Å². The molecule has 3 amide bonds. The summed E-state index contributed by atoms with van der Waals surface area (Å²) >= 11 is 6.14. The van der Waals surface area contributed by atoms with Crippen molar-refractivity contribution in [1.82, 2.24) is 4.90 Å². The van der Waals surface area contributed by atoms with Crippen molar-refractivity contribution in [2.24, 2.45) is 0 Å². The van der Waals surface area contributed by atoms with E-state index >= 15 is 0 Å². The Morgan fingerprint density at radius 1 is 1.11 bits per heavy atom. The summed E-state index contributed by atoms with van der Waals surface area (Å²) in [7, 11) is 0. The molecule has 0 spiro atoms. The van der Waals surface area contributed by atoms with Crippen LogP contribution in [0.5, 0.6) is 11.5 Å². The summed E-state index contributed by atoms with van der Waals surface area (Å²) in [5, 5.41) is 3.06. The van der Waals surface area contributed by atoms with Crippen LogP contribution in [0.25, 0.3) is 0 Å². The Hall–Kier alpha value is -3.06. The van der Waals surface area contributed by atoms with Crippen molar-refractivity contribution >= 4 is 35.0 Å². The number of hydrogen-bond donors (Lipinski definition) is 1. The molecule has 4 rings (SSSR count). The first kappa shape index (κ1) is 18.3. The molecule has 7 nitrogen and oxygen atoms in total. The lowest BCUT2D eigenvalue weighted by Crippen LogP contribution is -2.31. The molecule has 0 saturated heterocycles. The standard InChI is InChI=1S/C20H17ClN2O5/c1-11-4-5-12-13(7-11)20(26)23(19(12)25)6-2-3-18(24)22-15-9-17-16(8-14(15)21)27-10-28-17/h4-5,7-9H,2-3,6,10H2,1H3,(H,22,24). The van der Waals surface area contributed by atoms with E-state index in [9.17, 15) is 14.4 Å². The van der Waals surface area contributed by atoms with Gasteiger partial charge in [0.15, 0.2) is 11.5 Å². The van der Waals surface area contributed by atoms with Gasteiger partial charge in [0, 0.05) is 25.1 Å². The van der Waals surface area contributed by atoms with Crippen molar-refractivity contribution in [3.63, 3.8) is 0 Å². The van der Waals surface area contributed by atoms with E-state index in [1.54, 1.807) is 30.3 Å². The second-order valence-electron chi connectivity index (χ2n) is 6.65.